The van der Waals surface area contributed by atoms with Crippen LogP contribution in [-0.4, -0.2) is 78.8 Å². The number of allylic oxidation sites excluding steroid dienone is 1. The first-order valence-corrected chi connectivity index (χ1v) is 11.5. The molecule has 0 aromatic heterocycles. The summed E-state index contributed by atoms with van der Waals surface area (Å²) in [6, 6.07) is 7.05. The number of halogens is 1. The Morgan fingerprint density at radius 2 is 1.78 bits per heavy atom. The number of carboxylic acids is 2. The highest BCUT2D eigenvalue weighted by molar-refractivity contribution is 6.31. The van der Waals surface area contributed by atoms with Crippen molar-refractivity contribution in [3.63, 3.8) is 0 Å². The van der Waals surface area contributed by atoms with Crippen LogP contribution in [0.5, 0.6) is 0 Å². The maximum absolute atomic E-state index is 12.9. The number of aliphatic hydroxyl groups excluding tert-OH is 1. The molecule has 1 aromatic carbocycles. The Morgan fingerprint density at radius 3 is 2.27 bits per heavy atom. The second kappa shape index (κ2) is 15.6. The van der Waals surface area contributed by atoms with E-state index in [0.29, 0.717) is 40.7 Å². The van der Waals surface area contributed by atoms with Gasteiger partial charge in [-0.1, -0.05) is 29.8 Å². The molecular weight excluding hydrogens is 512 g/mol. The van der Waals surface area contributed by atoms with Gasteiger partial charge < -0.3 is 40.6 Å². The van der Waals surface area contributed by atoms with Crippen LogP contribution in [0.1, 0.15) is 31.7 Å². The quantitative estimate of drug-likeness (QED) is 0.198. The van der Waals surface area contributed by atoms with Crippen molar-refractivity contribution in [2.45, 2.75) is 32.3 Å². The van der Waals surface area contributed by atoms with Crippen LogP contribution in [0.2, 0.25) is 5.02 Å². The molecule has 12 nitrogen and oxygen atoms in total. The van der Waals surface area contributed by atoms with Gasteiger partial charge in [0, 0.05) is 17.3 Å². The van der Waals surface area contributed by atoms with E-state index >= 15 is 0 Å². The molecule has 2 rings (SSSR count). The fourth-order valence-electron chi connectivity index (χ4n) is 3.37. The van der Waals surface area contributed by atoms with Gasteiger partial charge >= 0.3 is 23.9 Å². The molecule has 6 N–H and O–H groups in total. The van der Waals surface area contributed by atoms with Gasteiger partial charge in [0.25, 0.3) is 0 Å². The highest BCUT2D eigenvalue weighted by Crippen LogP contribution is 2.41. The van der Waals surface area contributed by atoms with E-state index in [0.717, 1.165) is 0 Å². The van der Waals surface area contributed by atoms with Crippen LogP contribution in [0, 0.1) is 0 Å². The first-order valence-electron chi connectivity index (χ1n) is 11.1. The normalized spacial score (nSPS) is 15.7. The summed E-state index contributed by atoms with van der Waals surface area (Å²) in [4.78, 5) is 44.9. The molecule has 2 atom stereocenters. The summed E-state index contributed by atoms with van der Waals surface area (Å²) >= 11 is 6.42. The van der Waals surface area contributed by atoms with E-state index < -0.39 is 42.3 Å². The summed E-state index contributed by atoms with van der Waals surface area (Å²) in [6.45, 7) is 4.42. The largest absolute Gasteiger partial charge is 0.481 e. The lowest BCUT2D eigenvalue weighted by Crippen LogP contribution is -2.35. The Bertz CT molecular complexity index is 1050. The molecule has 1 aromatic rings. The fraction of sp³-hybridized carbons (Fsp3) is 0.417. The molecule has 0 aliphatic carbocycles. The smallest absolute Gasteiger partial charge is 0.336 e. The van der Waals surface area contributed by atoms with Gasteiger partial charge in [0.05, 0.1) is 56.1 Å². The maximum atomic E-state index is 12.9. The second-order valence-electron chi connectivity index (χ2n) is 7.52. The highest BCUT2D eigenvalue weighted by atomic mass is 35.5. The van der Waals surface area contributed by atoms with Gasteiger partial charge in [0.15, 0.2) is 6.10 Å². The van der Waals surface area contributed by atoms with Crippen molar-refractivity contribution in [2.24, 2.45) is 5.73 Å². The van der Waals surface area contributed by atoms with E-state index in [1.807, 2.05) is 0 Å². The third-order valence-corrected chi connectivity index (χ3v) is 5.27. The second-order valence-corrected chi connectivity index (χ2v) is 7.92. The summed E-state index contributed by atoms with van der Waals surface area (Å²) in [7, 11) is 1.29. The Labute approximate surface area is 218 Å². The number of ether oxygens (including phenoxy) is 3. The number of aliphatic carboxylic acids is 2. The number of esters is 2. The van der Waals surface area contributed by atoms with Crippen LogP contribution in [0.25, 0.3) is 0 Å². The van der Waals surface area contributed by atoms with Gasteiger partial charge in [0.1, 0.15) is 0 Å². The van der Waals surface area contributed by atoms with Crippen molar-refractivity contribution < 1.29 is 48.7 Å². The summed E-state index contributed by atoms with van der Waals surface area (Å²) < 4.78 is 15.8. The van der Waals surface area contributed by atoms with Crippen molar-refractivity contribution in [3.8, 4) is 0 Å². The zero-order valence-corrected chi connectivity index (χ0v) is 21.4. The molecule has 1 heterocycles. The SMILES string of the molecule is CCOC(=O)C1=C(COCCN)NC(C)=C(C(=O)OC)C1c1ccccc1Cl.O=C(O)CC(O)C(=O)O. The van der Waals surface area contributed by atoms with Crippen LogP contribution in [-0.2, 0) is 33.4 Å². The van der Waals surface area contributed by atoms with Gasteiger partial charge in [0.2, 0.25) is 0 Å². The lowest BCUT2D eigenvalue weighted by molar-refractivity contribution is -0.152. The minimum Gasteiger partial charge on any atom is -0.481 e. The lowest BCUT2D eigenvalue weighted by Gasteiger charge is -2.31. The van der Waals surface area contributed by atoms with Crippen LogP contribution >= 0.6 is 11.6 Å². The average Bonchev–Trinajstić information content (AvgIpc) is 2.83. The Hall–Kier alpha value is -3.45. The molecule has 0 saturated carbocycles. The lowest BCUT2D eigenvalue weighted by atomic mass is 9.80. The van der Waals surface area contributed by atoms with Crippen molar-refractivity contribution >= 4 is 35.5 Å². The molecule has 0 radical (unpaired) electrons. The van der Waals surface area contributed by atoms with Crippen molar-refractivity contribution in [2.75, 3.05) is 33.5 Å². The van der Waals surface area contributed by atoms with Crippen LogP contribution in [0.3, 0.4) is 0 Å². The third kappa shape index (κ3) is 9.17. The molecule has 2 unspecified atom stereocenters. The predicted molar refractivity (Wildman–Crippen MR) is 131 cm³/mol. The fourth-order valence-corrected chi connectivity index (χ4v) is 3.62. The number of hydrogen-bond donors (Lipinski definition) is 5. The monoisotopic (exact) mass is 542 g/mol. The Balaban J connectivity index is 0.000000649. The van der Waals surface area contributed by atoms with Crippen molar-refractivity contribution in [1.82, 2.24) is 5.32 Å². The maximum Gasteiger partial charge on any atom is 0.336 e. The van der Waals surface area contributed by atoms with E-state index in [-0.39, 0.29) is 18.8 Å². The van der Waals surface area contributed by atoms with E-state index in [4.69, 9.17) is 46.9 Å². The van der Waals surface area contributed by atoms with Gasteiger partial charge in [-0.15, -0.1) is 0 Å². The first-order chi connectivity index (χ1) is 17.5. The first kappa shape index (κ1) is 31.6. The van der Waals surface area contributed by atoms with Gasteiger partial charge in [-0.25, -0.2) is 14.4 Å². The number of carboxylic acid groups (broad SMARTS) is 2. The zero-order valence-electron chi connectivity index (χ0n) is 20.7. The minimum absolute atomic E-state index is 0.109. The molecule has 1 aliphatic heterocycles. The zero-order chi connectivity index (χ0) is 28.1. The van der Waals surface area contributed by atoms with Crippen LogP contribution in [0.4, 0.5) is 0 Å². The number of rotatable bonds is 11. The molecule has 37 heavy (non-hydrogen) atoms. The topological polar surface area (TPSA) is 195 Å². The number of methoxy groups -OCH3 is 1. The molecule has 0 saturated heterocycles. The van der Waals surface area contributed by atoms with E-state index in [1.54, 1.807) is 38.1 Å². The van der Waals surface area contributed by atoms with E-state index in [9.17, 15) is 19.2 Å². The number of aliphatic hydroxyl groups is 1. The summed E-state index contributed by atoms with van der Waals surface area (Å²) in [6.07, 6.45) is -2.54. The van der Waals surface area contributed by atoms with E-state index in [1.165, 1.54) is 7.11 Å². The molecule has 0 bridgehead atoms. The summed E-state index contributed by atoms with van der Waals surface area (Å²) in [5.41, 5.74) is 7.70. The molecule has 1 aliphatic rings. The molecule has 13 heteroatoms. The Morgan fingerprint density at radius 1 is 1.14 bits per heavy atom. The third-order valence-electron chi connectivity index (χ3n) is 4.92. The average molecular weight is 543 g/mol. The number of dihydropyridines is 1. The van der Waals surface area contributed by atoms with Crippen LogP contribution < -0.4 is 11.1 Å². The van der Waals surface area contributed by atoms with Crippen LogP contribution in [0.15, 0.2) is 46.8 Å². The number of carbonyl (C=O) groups is 4. The standard InChI is InChI=1S/C20H25ClN2O5.C4H6O5/c1-4-28-20(25)18-15(11-27-10-9-22)23-12(2)16(19(24)26-3)17(18)13-7-5-6-8-14(13)21;5-2(4(8)9)1-3(6)7/h5-8,17,23H,4,9-11,22H2,1-3H3;2,5H,1H2,(H,6,7)(H,8,9). The summed E-state index contributed by atoms with van der Waals surface area (Å²) in [5, 5.41) is 27.7. The number of benzene rings is 1. The number of nitrogens with two attached hydrogens (primary N) is 1. The Kier molecular flexibility index (Phi) is 13.3. The number of carbonyl (C=O) groups excluding carboxylic acids is 2. The highest BCUT2D eigenvalue weighted by Gasteiger charge is 2.39. The molecule has 0 amide bonds. The molecule has 204 valence electrons. The molecule has 0 fully saturated rings. The van der Waals surface area contributed by atoms with E-state index in [2.05, 4.69) is 5.32 Å². The van der Waals surface area contributed by atoms with Gasteiger partial charge in [-0.05, 0) is 25.5 Å². The molecular formula is C24H31ClN2O10. The van der Waals surface area contributed by atoms with Gasteiger partial charge in [-0.3, -0.25) is 4.79 Å². The predicted octanol–water partition coefficient (Wildman–Crippen LogP) is 1.17. The van der Waals surface area contributed by atoms with Crippen molar-refractivity contribution in [3.05, 3.63) is 57.4 Å². The summed E-state index contributed by atoms with van der Waals surface area (Å²) in [5.74, 6) is -4.71. The minimum atomic E-state index is -1.79. The number of hydrogen-bond acceptors (Lipinski definition) is 10. The molecule has 0 spiro atoms. The number of nitrogens with one attached hydrogen (secondary N) is 1. The van der Waals surface area contributed by atoms with Crippen molar-refractivity contribution in [1.29, 1.82) is 0 Å². The van der Waals surface area contributed by atoms with Gasteiger partial charge in [-0.2, -0.15) is 0 Å².